The third kappa shape index (κ3) is 4.26. The molecule has 0 spiro atoms. The molecule has 1 heterocycles. The fourth-order valence-electron chi connectivity index (χ4n) is 2.00. The van der Waals surface area contributed by atoms with Gasteiger partial charge in [-0.2, -0.15) is 0 Å². The van der Waals surface area contributed by atoms with Crippen LogP contribution in [0.15, 0.2) is 0 Å². The Morgan fingerprint density at radius 3 is 2.71 bits per heavy atom. The van der Waals surface area contributed by atoms with Gasteiger partial charge >= 0.3 is 6.09 Å². The normalized spacial score (nSPS) is 22.8. The standard InChI is InChI=1S/C13H22N2O2/c1-10(14-5)11-7-6-8-15(9-11)12(16)17-13(2,3)4/h10-11H,6-9H2,1-4H3. The summed E-state index contributed by atoms with van der Waals surface area (Å²) in [6.45, 7) is 16.0. The molecule has 1 saturated heterocycles. The SMILES string of the molecule is [C-]#[N+]C(C)C1CCCN(C(=O)OC(C)(C)C)C1. The monoisotopic (exact) mass is 238 g/mol. The average molecular weight is 238 g/mol. The predicted molar refractivity (Wildman–Crippen MR) is 66.6 cm³/mol. The van der Waals surface area contributed by atoms with E-state index in [1.807, 2.05) is 27.7 Å². The fourth-order valence-corrected chi connectivity index (χ4v) is 2.00. The van der Waals surface area contributed by atoms with Gasteiger partial charge < -0.3 is 14.5 Å². The molecule has 0 N–H and O–H groups in total. The summed E-state index contributed by atoms with van der Waals surface area (Å²) in [7, 11) is 0. The van der Waals surface area contributed by atoms with Crippen molar-refractivity contribution in [3.05, 3.63) is 11.4 Å². The molecular formula is C13H22N2O2. The molecule has 17 heavy (non-hydrogen) atoms. The largest absolute Gasteiger partial charge is 0.444 e. The Balaban J connectivity index is 2.55. The number of carbonyl (C=O) groups is 1. The lowest BCUT2D eigenvalue weighted by molar-refractivity contribution is 0.0162. The number of nitrogens with zero attached hydrogens (tertiary/aromatic N) is 2. The molecule has 4 heteroatoms. The smallest absolute Gasteiger partial charge is 0.410 e. The molecule has 0 bridgehead atoms. The Hall–Kier alpha value is -1.24. The van der Waals surface area contributed by atoms with E-state index >= 15 is 0 Å². The van der Waals surface area contributed by atoms with Crippen LogP contribution in [0.1, 0.15) is 40.5 Å². The van der Waals surface area contributed by atoms with Crippen molar-refractivity contribution >= 4 is 6.09 Å². The number of rotatable bonds is 1. The van der Waals surface area contributed by atoms with Crippen molar-refractivity contribution in [1.29, 1.82) is 0 Å². The first-order valence-electron chi connectivity index (χ1n) is 6.18. The van der Waals surface area contributed by atoms with Gasteiger partial charge in [-0.3, -0.25) is 0 Å². The molecule has 2 atom stereocenters. The molecular weight excluding hydrogens is 216 g/mol. The van der Waals surface area contributed by atoms with Gasteiger partial charge in [0.15, 0.2) is 0 Å². The number of likely N-dealkylation sites (tertiary alicyclic amines) is 1. The minimum Gasteiger partial charge on any atom is -0.444 e. The van der Waals surface area contributed by atoms with Crippen molar-refractivity contribution in [2.45, 2.75) is 52.2 Å². The van der Waals surface area contributed by atoms with Gasteiger partial charge in [-0.15, -0.1) is 0 Å². The molecule has 0 aromatic carbocycles. The van der Waals surface area contributed by atoms with Gasteiger partial charge in [-0.1, -0.05) is 0 Å². The number of piperidine rings is 1. The molecule has 0 radical (unpaired) electrons. The fraction of sp³-hybridized carbons (Fsp3) is 0.846. The molecule has 0 aromatic heterocycles. The maximum Gasteiger partial charge on any atom is 0.410 e. The molecule has 0 aliphatic carbocycles. The highest BCUT2D eigenvalue weighted by Gasteiger charge is 2.32. The second-order valence-corrected chi connectivity index (χ2v) is 5.70. The second kappa shape index (κ2) is 5.39. The predicted octanol–water partition coefficient (Wildman–Crippen LogP) is 2.94. The van der Waals surface area contributed by atoms with Crippen molar-refractivity contribution in [3.8, 4) is 0 Å². The number of carbonyl (C=O) groups excluding carboxylic acids is 1. The Kier molecular flexibility index (Phi) is 4.39. The molecule has 1 aliphatic heterocycles. The molecule has 1 rings (SSSR count). The van der Waals surface area contributed by atoms with E-state index in [2.05, 4.69) is 4.85 Å². The van der Waals surface area contributed by atoms with E-state index in [1.54, 1.807) is 4.90 Å². The summed E-state index contributed by atoms with van der Waals surface area (Å²) >= 11 is 0. The van der Waals surface area contributed by atoms with Gasteiger partial charge in [0.05, 0.1) is 5.92 Å². The Bertz CT molecular complexity index is 314. The summed E-state index contributed by atoms with van der Waals surface area (Å²) in [5, 5.41) is 0. The highest BCUT2D eigenvalue weighted by Crippen LogP contribution is 2.23. The van der Waals surface area contributed by atoms with E-state index in [4.69, 9.17) is 11.3 Å². The van der Waals surface area contributed by atoms with Gasteiger partial charge in [-0.05, 0) is 33.6 Å². The highest BCUT2D eigenvalue weighted by molar-refractivity contribution is 5.68. The van der Waals surface area contributed by atoms with E-state index in [9.17, 15) is 4.79 Å². The number of ether oxygens (including phenoxy) is 1. The van der Waals surface area contributed by atoms with E-state index in [0.717, 1.165) is 19.4 Å². The summed E-state index contributed by atoms with van der Waals surface area (Å²) < 4.78 is 5.35. The number of hydrogen-bond donors (Lipinski definition) is 0. The summed E-state index contributed by atoms with van der Waals surface area (Å²) in [5.41, 5.74) is -0.449. The zero-order valence-electron chi connectivity index (χ0n) is 11.2. The minimum atomic E-state index is -0.449. The molecule has 2 unspecified atom stereocenters. The summed E-state index contributed by atoms with van der Waals surface area (Å²) in [6, 6.07) is -0.0137. The van der Waals surface area contributed by atoms with Crippen molar-refractivity contribution in [2.75, 3.05) is 13.1 Å². The van der Waals surface area contributed by atoms with Crippen LogP contribution in [0.5, 0.6) is 0 Å². The molecule has 1 aliphatic rings. The lowest BCUT2D eigenvalue weighted by Crippen LogP contribution is -2.44. The molecule has 1 fully saturated rings. The van der Waals surface area contributed by atoms with Crippen LogP contribution in [0.3, 0.4) is 0 Å². The van der Waals surface area contributed by atoms with Crippen LogP contribution < -0.4 is 0 Å². The third-order valence-corrected chi connectivity index (χ3v) is 3.00. The quantitative estimate of drug-likeness (QED) is 0.658. The zero-order chi connectivity index (χ0) is 13.1. The van der Waals surface area contributed by atoms with Crippen LogP contribution in [-0.2, 0) is 4.74 Å². The van der Waals surface area contributed by atoms with Crippen LogP contribution in [0, 0.1) is 12.5 Å². The highest BCUT2D eigenvalue weighted by atomic mass is 16.6. The van der Waals surface area contributed by atoms with Gasteiger partial charge in [-0.25, -0.2) is 11.4 Å². The number of amides is 1. The molecule has 1 amide bonds. The maximum atomic E-state index is 11.9. The summed E-state index contributed by atoms with van der Waals surface area (Å²) in [5.74, 6) is 0.286. The van der Waals surface area contributed by atoms with Crippen molar-refractivity contribution in [1.82, 2.24) is 4.90 Å². The van der Waals surface area contributed by atoms with Crippen LogP contribution in [0.25, 0.3) is 4.85 Å². The minimum absolute atomic E-state index is 0.0137. The van der Waals surface area contributed by atoms with Gasteiger partial charge in [0.2, 0.25) is 6.04 Å². The first-order valence-corrected chi connectivity index (χ1v) is 6.18. The lowest BCUT2D eigenvalue weighted by atomic mass is 9.92. The van der Waals surface area contributed by atoms with Crippen LogP contribution in [0.2, 0.25) is 0 Å². The zero-order valence-corrected chi connectivity index (χ0v) is 11.2. The van der Waals surface area contributed by atoms with Crippen molar-refractivity contribution in [3.63, 3.8) is 0 Å². The maximum absolute atomic E-state index is 11.9. The van der Waals surface area contributed by atoms with Crippen molar-refractivity contribution in [2.24, 2.45) is 5.92 Å². The lowest BCUT2D eigenvalue weighted by Gasteiger charge is -2.33. The van der Waals surface area contributed by atoms with Gasteiger partial charge in [0.1, 0.15) is 5.60 Å². The van der Waals surface area contributed by atoms with Crippen LogP contribution >= 0.6 is 0 Å². The summed E-state index contributed by atoms with van der Waals surface area (Å²) in [4.78, 5) is 17.2. The van der Waals surface area contributed by atoms with Crippen molar-refractivity contribution < 1.29 is 9.53 Å². The molecule has 0 aromatic rings. The Morgan fingerprint density at radius 2 is 2.18 bits per heavy atom. The Labute approximate surface area is 104 Å². The summed E-state index contributed by atoms with van der Waals surface area (Å²) in [6.07, 6.45) is 1.74. The van der Waals surface area contributed by atoms with Gasteiger partial charge in [0, 0.05) is 20.0 Å². The Morgan fingerprint density at radius 1 is 1.53 bits per heavy atom. The van der Waals surface area contributed by atoms with Crippen LogP contribution in [0.4, 0.5) is 4.79 Å². The first-order chi connectivity index (χ1) is 7.83. The molecule has 96 valence electrons. The van der Waals surface area contributed by atoms with E-state index < -0.39 is 5.60 Å². The van der Waals surface area contributed by atoms with Crippen LogP contribution in [-0.4, -0.2) is 35.7 Å². The second-order valence-electron chi connectivity index (χ2n) is 5.70. The third-order valence-electron chi connectivity index (χ3n) is 3.00. The van der Waals surface area contributed by atoms with E-state index in [0.29, 0.717) is 6.54 Å². The topological polar surface area (TPSA) is 33.9 Å². The molecule has 4 nitrogen and oxygen atoms in total. The molecule has 0 saturated carbocycles. The van der Waals surface area contributed by atoms with E-state index in [-0.39, 0.29) is 18.1 Å². The van der Waals surface area contributed by atoms with Gasteiger partial charge in [0.25, 0.3) is 0 Å². The first kappa shape index (κ1) is 13.8. The van der Waals surface area contributed by atoms with E-state index in [1.165, 1.54) is 0 Å². The number of hydrogen-bond acceptors (Lipinski definition) is 2. The average Bonchev–Trinajstić information content (AvgIpc) is 2.26.